The molecule has 1 aliphatic rings. The first-order chi connectivity index (χ1) is 15.0. The van der Waals surface area contributed by atoms with Crippen molar-refractivity contribution in [1.29, 1.82) is 5.26 Å². The molecule has 0 fully saturated rings. The predicted molar refractivity (Wildman–Crippen MR) is 113 cm³/mol. The van der Waals surface area contributed by atoms with Crippen molar-refractivity contribution in [3.8, 4) is 23.3 Å². The Balaban J connectivity index is 1.51. The topological polar surface area (TPSA) is 110 Å². The monoisotopic (exact) mass is 421 g/mol. The van der Waals surface area contributed by atoms with Gasteiger partial charge in [-0.15, -0.1) is 0 Å². The van der Waals surface area contributed by atoms with Crippen LogP contribution in [0.2, 0.25) is 0 Å². The van der Waals surface area contributed by atoms with Crippen molar-refractivity contribution >= 4 is 17.9 Å². The van der Waals surface area contributed by atoms with Gasteiger partial charge in [0.05, 0.1) is 18.2 Å². The van der Waals surface area contributed by atoms with Gasteiger partial charge in [0.2, 0.25) is 0 Å². The molecule has 31 heavy (non-hydrogen) atoms. The Hall–Kier alpha value is -3.99. The van der Waals surface area contributed by atoms with E-state index in [1.54, 1.807) is 30.3 Å². The van der Waals surface area contributed by atoms with Crippen molar-refractivity contribution in [1.82, 2.24) is 10.9 Å². The zero-order valence-electron chi connectivity index (χ0n) is 17.3. The summed E-state index contributed by atoms with van der Waals surface area (Å²) in [5.74, 6) is 0.856. The van der Waals surface area contributed by atoms with Crippen LogP contribution in [0.15, 0.2) is 42.5 Å². The minimum Gasteiger partial charge on any atom is -0.493 e. The number of hydrazine groups is 1. The number of fused-ring (bicyclic) bond motifs is 1. The summed E-state index contributed by atoms with van der Waals surface area (Å²) in [7, 11) is 0. The number of hydrogen-bond acceptors (Lipinski definition) is 6. The number of rotatable bonds is 7. The molecule has 0 bridgehead atoms. The van der Waals surface area contributed by atoms with Gasteiger partial charge >= 0.3 is 0 Å². The lowest BCUT2D eigenvalue weighted by Crippen LogP contribution is -2.43. The highest BCUT2D eigenvalue weighted by Crippen LogP contribution is 2.35. The number of carbonyl (C=O) groups excluding carboxylic acids is 2. The smallest absolute Gasteiger partial charge is 0.276 e. The Kier molecular flexibility index (Phi) is 7.12. The van der Waals surface area contributed by atoms with Crippen LogP contribution < -0.4 is 25.1 Å². The molecule has 0 spiro atoms. The molecule has 0 aliphatic carbocycles. The maximum atomic E-state index is 12.1. The van der Waals surface area contributed by atoms with Crippen molar-refractivity contribution in [3.05, 3.63) is 59.2 Å². The van der Waals surface area contributed by atoms with Crippen molar-refractivity contribution in [2.24, 2.45) is 0 Å². The molecule has 0 saturated carbocycles. The SMILES string of the molecule is CCOc1cc2c(cc1/C=C/C(=O)NNC(=O)COc1ccc(C#N)cc1)O[C@@H](C)C2. The molecule has 1 aliphatic heterocycles. The second kappa shape index (κ2) is 10.2. The number of nitrogens with zero attached hydrogens (tertiary/aromatic N) is 1. The molecule has 8 nitrogen and oxygen atoms in total. The minimum atomic E-state index is -0.527. The van der Waals surface area contributed by atoms with E-state index in [1.165, 1.54) is 6.08 Å². The lowest BCUT2D eigenvalue weighted by Gasteiger charge is -2.10. The normalized spacial score (nSPS) is 14.3. The van der Waals surface area contributed by atoms with Crippen LogP contribution in [0.5, 0.6) is 17.2 Å². The average molecular weight is 421 g/mol. The predicted octanol–water partition coefficient (Wildman–Crippen LogP) is 2.52. The molecule has 0 aromatic heterocycles. The lowest BCUT2D eigenvalue weighted by atomic mass is 10.1. The first kappa shape index (κ1) is 21.7. The van der Waals surface area contributed by atoms with Crippen molar-refractivity contribution in [3.63, 3.8) is 0 Å². The van der Waals surface area contributed by atoms with Crippen LogP contribution in [0.25, 0.3) is 6.08 Å². The van der Waals surface area contributed by atoms with Crippen LogP contribution in [0, 0.1) is 11.3 Å². The molecular weight excluding hydrogens is 398 g/mol. The van der Waals surface area contributed by atoms with Gasteiger partial charge in [-0.2, -0.15) is 5.26 Å². The fourth-order valence-corrected chi connectivity index (χ4v) is 3.01. The molecule has 2 N–H and O–H groups in total. The summed E-state index contributed by atoms with van der Waals surface area (Å²) in [5, 5.41) is 8.76. The maximum absolute atomic E-state index is 12.1. The van der Waals surface area contributed by atoms with E-state index < -0.39 is 11.8 Å². The molecular formula is C23H23N3O5. The van der Waals surface area contributed by atoms with E-state index >= 15 is 0 Å². The molecule has 2 aromatic rings. The summed E-state index contributed by atoms with van der Waals surface area (Å²) in [6.45, 7) is 4.10. The van der Waals surface area contributed by atoms with Gasteiger partial charge in [0.1, 0.15) is 23.4 Å². The summed E-state index contributed by atoms with van der Waals surface area (Å²) in [6, 6.07) is 12.1. The summed E-state index contributed by atoms with van der Waals surface area (Å²) < 4.78 is 16.7. The summed E-state index contributed by atoms with van der Waals surface area (Å²) in [5.41, 5.74) is 6.85. The summed E-state index contributed by atoms with van der Waals surface area (Å²) >= 11 is 0. The zero-order chi connectivity index (χ0) is 22.2. The third kappa shape index (κ3) is 6.00. The van der Waals surface area contributed by atoms with E-state index in [9.17, 15) is 9.59 Å². The Labute approximate surface area is 180 Å². The van der Waals surface area contributed by atoms with E-state index in [0.717, 1.165) is 17.7 Å². The van der Waals surface area contributed by atoms with Crippen molar-refractivity contribution in [2.45, 2.75) is 26.4 Å². The molecule has 3 rings (SSSR count). The number of ether oxygens (including phenoxy) is 3. The molecule has 0 unspecified atom stereocenters. The van der Waals surface area contributed by atoms with E-state index in [-0.39, 0.29) is 12.7 Å². The second-order valence-corrected chi connectivity index (χ2v) is 6.86. The number of nitriles is 1. The van der Waals surface area contributed by atoms with Crippen LogP contribution in [0.3, 0.4) is 0 Å². The highest BCUT2D eigenvalue weighted by Gasteiger charge is 2.21. The van der Waals surface area contributed by atoms with E-state index in [2.05, 4.69) is 10.9 Å². The van der Waals surface area contributed by atoms with Crippen LogP contribution in [0.4, 0.5) is 0 Å². The van der Waals surface area contributed by atoms with Crippen LogP contribution in [0.1, 0.15) is 30.5 Å². The minimum absolute atomic E-state index is 0.105. The van der Waals surface area contributed by atoms with Gasteiger partial charge < -0.3 is 14.2 Å². The number of benzene rings is 2. The third-order valence-corrected chi connectivity index (χ3v) is 4.42. The standard InChI is InChI=1S/C23H23N3O5/c1-3-29-20-12-18-10-15(2)31-21(18)11-17(20)6-9-22(27)25-26-23(28)14-30-19-7-4-16(13-24)5-8-19/h4-9,11-12,15H,3,10,14H2,1-2H3,(H,25,27)(H,26,28)/b9-6+/t15-/m0/s1. The highest BCUT2D eigenvalue weighted by atomic mass is 16.5. The van der Waals surface area contributed by atoms with E-state index in [4.69, 9.17) is 19.5 Å². The second-order valence-electron chi connectivity index (χ2n) is 6.86. The van der Waals surface area contributed by atoms with Crippen molar-refractivity contribution in [2.75, 3.05) is 13.2 Å². The molecule has 1 atom stereocenters. The van der Waals surface area contributed by atoms with Crippen molar-refractivity contribution < 1.29 is 23.8 Å². The van der Waals surface area contributed by atoms with Gasteiger partial charge in [-0.05, 0) is 56.3 Å². The molecule has 0 radical (unpaired) electrons. The Morgan fingerprint density at radius 3 is 2.71 bits per heavy atom. The molecule has 2 aromatic carbocycles. The largest absolute Gasteiger partial charge is 0.493 e. The van der Waals surface area contributed by atoms with E-state index in [0.29, 0.717) is 29.2 Å². The fraction of sp³-hybridized carbons (Fsp3) is 0.261. The van der Waals surface area contributed by atoms with Crippen LogP contribution >= 0.6 is 0 Å². The number of amides is 2. The molecule has 160 valence electrons. The van der Waals surface area contributed by atoms with Gasteiger partial charge in [0, 0.05) is 23.6 Å². The quantitative estimate of drug-likeness (QED) is 0.525. The molecule has 1 heterocycles. The van der Waals surface area contributed by atoms with Gasteiger partial charge in [0.25, 0.3) is 11.8 Å². The summed E-state index contributed by atoms with van der Waals surface area (Å²) in [6.07, 6.45) is 3.82. The van der Waals surface area contributed by atoms with Gasteiger partial charge in [0.15, 0.2) is 6.61 Å². The number of hydrogen-bond donors (Lipinski definition) is 2. The fourth-order valence-electron chi connectivity index (χ4n) is 3.01. The van der Waals surface area contributed by atoms with Gasteiger partial charge in [-0.1, -0.05) is 0 Å². The average Bonchev–Trinajstić information content (AvgIpc) is 3.13. The van der Waals surface area contributed by atoms with E-state index in [1.807, 2.05) is 32.0 Å². The Morgan fingerprint density at radius 2 is 2.00 bits per heavy atom. The van der Waals surface area contributed by atoms with Gasteiger partial charge in [-0.3, -0.25) is 20.4 Å². The lowest BCUT2D eigenvalue weighted by molar-refractivity contribution is -0.128. The Bertz CT molecular complexity index is 1020. The summed E-state index contributed by atoms with van der Waals surface area (Å²) in [4.78, 5) is 23.9. The van der Waals surface area contributed by atoms with Crippen LogP contribution in [-0.4, -0.2) is 31.1 Å². The Morgan fingerprint density at radius 1 is 1.23 bits per heavy atom. The molecule has 8 heteroatoms. The maximum Gasteiger partial charge on any atom is 0.276 e. The van der Waals surface area contributed by atoms with Crippen LogP contribution in [-0.2, 0) is 16.0 Å². The van der Waals surface area contributed by atoms with Gasteiger partial charge in [-0.25, -0.2) is 0 Å². The first-order valence-electron chi connectivity index (χ1n) is 9.84. The zero-order valence-corrected chi connectivity index (χ0v) is 17.3. The highest BCUT2D eigenvalue weighted by molar-refractivity contribution is 5.93. The molecule has 2 amide bonds. The molecule has 0 saturated heterocycles. The number of nitrogens with one attached hydrogen (secondary N) is 2. The third-order valence-electron chi connectivity index (χ3n) is 4.42. The number of carbonyl (C=O) groups is 2. The first-order valence-corrected chi connectivity index (χ1v) is 9.84.